The molecule has 6 rings (SSSR count). The maximum Gasteiger partial charge on any atom is 0.249 e. The van der Waals surface area contributed by atoms with Crippen LogP contribution < -0.4 is 15.4 Å². The highest BCUT2D eigenvalue weighted by atomic mass is 32.2. The number of carbonyl (C=O) groups is 2. The lowest BCUT2D eigenvalue weighted by molar-refractivity contribution is -0.138. The van der Waals surface area contributed by atoms with Gasteiger partial charge in [0.1, 0.15) is 11.9 Å². The quantitative estimate of drug-likeness (QED) is 0.231. The fourth-order valence-electron chi connectivity index (χ4n) is 6.38. The predicted molar refractivity (Wildman–Crippen MR) is 178 cm³/mol. The van der Waals surface area contributed by atoms with Gasteiger partial charge in [-0.2, -0.15) is 5.10 Å². The number of hydrogen-bond donors (Lipinski definition) is 2. The highest BCUT2D eigenvalue weighted by Gasteiger charge is 2.43. The highest BCUT2D eigenvalue weighted by molar-refractivity contribution is 7.88. The van der Waals surface area contributed by atoms with E-state index >= 15 is 0 Å². The Morgan fingerprint density at radius 2 is 1.93 bits per heavy atom. The minimum atomic E-state index is -3.37. The van der Waals surface area contributed by atoms with Crippen molar-refractivity contribution in [2.45, 2.75) is 51.7 Å². The number of nitrogens with two attached hydrogens (primary N) is 1. The van der Waals surface area contributed by atoms with Crippen LogP contribution >= 0.6 is 11.3 Å². The van der Waals surface area contributed by atoms with E-state index in [9.17, 15) is 18.0 Å². The predicted octanol–water partition coefficient (Wildman–Crippen LogP) is 2.23. The van der Waals surface area contributed by atoms with Crippen molar-refractivity contribution >= 4 is 44.6 Å². The zero-order valence-corrected chi connectivity index (χ0v) is 28.0. The second-order valence-electron chi connectivity index (χ2n) is 11.9. The number of fused-ring (bicyclic) bond motifs is 1. The topological polar surface area (TPSA) is 159 Å². The number of likely N-dealkylation sites (tertiary alicyclic amines) is 1. The summed E-state index contributed by atoms with van der Waals surface area (Å²) >= 11 is 1.59. The van der Waals surface area contributed by atoms with E-state index in [2.05, 4.69) is 35.5 Å². The molecule has 2 amide bonds. The maximum atomic E-state index is 13.7. The molecule has 13 nitrogen and oxygen atoms in total. The van der Waals surface area contributed by atoms with E-state index in [0.717, 1.165) is 29.9 Å². The molecule has 0 saturated carbocycles. The van der Waals surface area contributed by atoms with Crippen LogP contribution in [0.3, 0.4) is 0 Å². The van der Waals surface area contributed by atoms with Gasteiger partial charge in [-0.1, -0.05) is 19.9 Å². The Balaban J connectivity index is 1.41. The lowest BCUT2D eigenvalue weighted by atomic mass is 9.93. The molecular weight excluding hydrogens is 627 g/mol. The standard InChI is InChI=1S/C31H39N9O4S2/c1-5-37(6-2)19(3)14-22-21(28(32)41)15-25(23-16-33-40-12-9-24(34-30(23)40)27-8-7-13-45-27)35-29(22)39-11-10-26(39)31(42)38-17-20(18-38)36-46(4,43)44/h7-9,12-13,15-16,19-20,26,36H,5-6,10-11,14,17-18H2,1-4H3,(H2,32,41)/t19-,26-/m0/s1. The summed E-state index contributed by atoms with van der Waals surface area (Å²) in [6.07, 6.45) is 5.77. The van der Waals surface area contributed by atoms with E-state index in [1.165, 1.54) is 0 Å². The molecule has 2 aliphatic heterocycles. The number of aromatic nitrogens is 4. The number of likely N-dealkylation sites (N-methyl/N-ethyl adjacent to an activating group) is 1. The molecule has 0 aromatic carbocycles. The third-order valence-corrected chi connectivity index (χ3v) is 10.5. The van der Waals surface area contributed by atoms with Crippen molar-refractivity contribution in [3.8, 4) is 21.8 Å². The molecule has 3 N–H and O–H groups in total. The van der Waals surface area contributed by atoms with E-state index in [1.54, 1.807) is 33.0 Å². The van der Waals surface area contributed by atoms with E-state index < -0.39 is 22.0 Å². The molecule has 2 saturated heterocycles. The van der Waals surface area contributed by atoms with Gasteiger partial charge in [-0.05, 0) is 56.4 Å². The third-order valence-electron chi connectivity index (χ3n) is 8.87. The molecule has 6 heterocycles. The van der Waals surface area contributed by atoms with Gasteiger partial charge in [0.25, 0.3) is 0 Å². The van der Waals surface area contributed by atoms with Crippen LogP contribution in [0.25, 0.3) is 27.5 Å². The Kier molecular flexibility index (Phi) is 8.85. The van der Waals surface area contributed by atoms with Crippen molar-refractivity contribution in [2.24, 2.45) is 5.73 Å². The monoisotopic (exact) mass is 665 g/mol. The molecule has 0 spiro atoms. The van der Waals surface area contributed by atoms with Crippen LogP contribution in [0, 0.1) is 0 Å². The minimum Gasteiger partial charge on any atom is -0.366 e. The number of primary amides is 1. The molecule has 2 aliphatic rings. The lowest BCUT2D eigenvalue weighted by Crippen LogP contribution is -2.66. The van der Waals surface area contributed by atoms with Crippen LogP contribution in [0.2, 0.25) is 0 Å². The summed E-state index contributed by atoms with van der Waals surface area (Å²) in [6.45, 7) is 9.19. The summed E-state index contributed by atoms with van der Waals surface area (Å²) in [7, 11) is -3.37. The highest BCUT2D eigenvalue weighted by Crippen LogP contribution is 2.36. The van der Waals surface area contributed by atoms with Crippen molar-refractivity contribution < 1.29 is 18.0 Å². The van der Waals surface area contributed by atoms with Crippen molar-refractivity contribution in [1.29, 1.82) is 0 Å². The van der Waals surface area contributed by atoms with Crippen LogP contribution in [0.4, 0.5) is 5.82 Å². The van der Waals surface area contributed by atoms with Gasteiger partial charge in [-0.3, -0.25) is 9.59 Å². The fourth-order valence-corrected chi connectivity index (χ4v) is 7.83. The van der Waals surface area contributed by atoms with Gasteiger partial charge in [-0.15, -0.1) is 11.3 Å². The molecule has 0 unspecified atom stereocenters. The lowest BCUT2D eigenvalue weighted by Gasteiger charge is -2.48. The van der Waals surface area contributed by atoms with Gasteiger partial charge >= 0.3 is 0 Å². The Bertz CT molecular complexity index is 1870. The second kappa shape index (κ2) is 12.7. The molecule has 4 aromatic rings. The third kappa shape index (κ3) is 6.24. The van der Waals surface area contributed by atoms with E-state index in [-0.39, 0.29) is 18.0 Å². The molecule has 15 heteroatoms. The summed E-state index contributed by atoms with van der Waals surface area (Å²) < 4.78 is 27.6. The largest absolute Gasteiger partial charge is 0.366 e. The first kappa shape index (κ1) is 32.0. The number of thiophene rings is 1. The van der Waals surface area contributed by atoms with E-state index in [4.69, 9.17) is 15.7 Å². The smallest absolute Gasteiger partial charge is 0.249 e. The summed E-state index contributed by atoms with van der Waals surface area (Å²) in [5.74, 6) is -0.113. The molecule has 0 bridgehead atoms. The number of nitrogens with zero attached hydrogens (tertiary/aromatic N) is 7. The Morgan fingerprint density at radius 3 is 2.54 bits per heavy atom. The normalized spacial score (nSPS) is 17.7. The van der Waals surface area contributed by atoms with Crippen molar-refractivity contribution in [3.05, 3.63) is 53.2 Å². The summed E-state index contributed by atoms with van der Waals surface area (Å²) in [5.41, 5.74) is 9.65. The van der Waals surface area contributed by atoms with Gasteiger partial charge < -0.3 is 20.4 Å². The summed E-state index contributed by atoms with van der Waals surface area (Å²) in [6, 6.07) is 6.90. The number of pyridine rings is 1. The first-order valence-electron chi connectivity index (χ1n) is 15.5. The van der Waals surface area contributed by atoms with Crippen LogP contribution in [0.5, 0.6) is 0 Å². The van der Waals surface area contributed by atoms with E-state index in [1.807, 2.05) is 34.7 Å². The SMILES string of the molecule is CCN(CC)[C@@H](C)Cc1c(C(N)=O)cc(-c2cnn3ccc(-c4cccs4)nc23)nc1N1CC[C@H]1C(=O)N1CC(NS(C)(=O)=O)C1. The number of amides is 2. The maximum absolute atomic E-state index is 13.7. The first-order chi connectivity index (χ1) is 22.0. The fraction of sp³-hybridized carbons (Fsp3) is 0.452. The first-order valence-corrected chi connectivity index (χ1v) is 18.2. The number of anilines is 1. The van der Waals surface area contributed by atoms with Crippen LogP contribution in [0.1, 0.15) is 43.1 Å². The average Bonchev–Trinajstić information content (AvgIpc) is 3.65. The van der Waals surface area contributed by atoms with E-state index in [0.29, 0.717) is 66.3 Å². The molecular formula is C31H39N9O4S2. The molecule has 4 aromatic heterocycles. The number of carbonyl (C=O) groups excluding carboxylic acids is 2. The Morgan fingerprint density at radius 1 is 1.17 bits per heavy atom. The molecule has 0 radical (unpaired) electrons. The average molecular weight is 666 g/mol. The van der Waals surface area contributed by atoms with Crippen LogP contribution in [-0.4, -0.2) is 107 Å². The van der Waals surface area contributed by atoms with Crippen molar-refractivity contribution in [3.63, 3.8) is 0 Å². The molecule has 2 atom stereocenters. The van der Waals surface area contributed by atoms with Gasteiger partial charge in [0.15, 0.2) is 5.65 Å². The van der Waals surface area contributed by atoms with Crippen LogP contribution in [0.15, 0.2) is 42.0 Å². The Hall–Kier alpha value is -3.92. The zero-order valence-electron chi connectivity index (χ0n) is 26.4. The molecule has 244 valence electrons. The molecule has 46 heavy (non-hydrogen) atoms. The minimum absolute atomic E-state index is 0.0835. The summed E-state index contributed by atoms with van der Waals surface area (Å²) in [4.78, 5) is 43.7. The number of rotatable bonds is 12. The van der Waals surface area contributed by atoms with Gasteiger partial charge in [0.05, 0.1) is 40.3 Å². The molecule has 2 fully saturated rings. The Labute approximate surface area is 272 Å². The van der Waals surface area contributed by atoms with Gasteiger partial charge in [0.2, 0.25) is 21.8 Å². The van der Waals surface area contributed by atoms with Crippen LogP contribution in [-0.2, 0) is 21.2 Å². The number of hydrogen-bond acceptors (Lipinski definition) is 10. The number of nitrogens with one attached hydrogen (secondary N) is 1. The molecule has 0 aliphatic carbocycles. The second-order valence-corrected chi connectivity index (χ2v) is 14.7. The van der Waals surface area contributed by atoms with Crippen molar-refractivity contribution in [2.75, 3.05) is 43.9 Å². The van der Waals surface area contributed by atoms with Crippen molar-refractivity contribution in [1.82, 2.24) is 34.1 Å². The zero-order chi connectivity index (χ0) is 32.7. The van der Waals surface area contributed by atoms with Gasteiger partial charge in [-0.25, -0.2) is 27.6 Å². The number of sulfonamides is 1. The van der Waals surface area contributed by atoms with Gasteiger partial charge in [0, 0.05) is 43.0 Å². The summed E-state index contributed by atoms with van der Waals surface area (Å²) in [5, 5.41) is 6.50.